The van der Waals surface area contributed by atoms with Crippen LogP contribution in [-0.2, 0) is 9.59 Å². The number of anilines is 2. The summed E-state index contributed by atoms with van der Waals surface area (Å²) >= 11 is 1.34. The second-order valence-corrected chi connectivity index (χ2v) is 11.3. The molecule has 1 aliphatic rings. The highest BCUT2D eigenvalue weighted by Crippen LogP contribution is 2.44. The zero-order chi connectivity index (χ0) is 27.8. The second kappa shape index (κ2) is 10.5. The van der Waals surface area contributed by atoms with Crippen LogP contribution in [0.3, 0.4) is 0 Å². The molecule has 1 fully saturated rings. The smallest absolute Gasteiger partial charge is 0.301 e. The second-order valence-electron chi connectivity index (χ2n) is 10.3. The van der Waals surface area contributed by atoms with Crippen LogP contribution in [0.25, 0.3) is 16.0 Å². The highest BCUT2D eigenvalue weighted by atomic mass is 32.1. The van der Waals surface area contributed by atoms with Gasteiger partial charge in [-0.05, 0) is 66.4 Å². The number of Topliss-reactive ketones (excluding diaryl/α,β-unsaturated/α-hetero) is 1. The zero-order valence-electron chi connectivity index (χ0n) is 22.6. The first kappa shape index (κ1) is 26.4. The van der Waals surface area contributed by atoms with Gasteiger partial charge in [-0.2, -0.15) is 0 Å². The fraction of sp³-hybridized carbons (Fsp3) is 0.258. The Balaban J connectivity index is 1.64. The van der Waals surface area contributed by atoms with Gasteiger partial charge in [-0.15, -0.1) is 0 Å². The van der Waals surface area contributed by atoms with Crippen molar-refractivity contribution in [1.29, 1.82) is 0 Å². The summed E-state index contributed by atoms with van der Waals surface area (Å²) in [5, 5.41) is 11.9. The van der Waals surface area contributed by atoms with Crippen LogP contribution in [0.2, 0.25) is 0 Å². The van der Waals surface area contributed by atoms with Crippen LogP contribution in [0.1, 0.15) is 36.6 Å². The minimum atomic E-state index is -0.834. The molecular formula is C31H31N3O4S. The summed E-state index contributed by atoms with van der Waals surface area (Å²) < 4.78 is 6.79. The minimum Gasteiger partial charge on any atom is -0.507 e. The number of hydrogen-bond donors (Lipinski definition) is 1. The molecule has 4 aromatic rings. The molecule has 0 saturated carbocycles. The summed E-state index contributed by atoms with van der Waals surface area (Å²) in [5.74, 6) is -0.602. The minimum absolute atomic E-state index is 0.0344. The van der Waals surface area contributed by atoms with Gasteiger partial charge in [0.05, 0.1) is 28.4 Å². The molecule has 0 aliphatic carbocycles. The van der Waals surface area contributed by atoms with E-state index in [1.807, 2.05) is 74.4 Å². The number of aryl methyl sites for hydroxylation is 1. The molecule has 1 saturated heterocycles. The normalized spacial score (nSPS) is 16.9. The molecule has 3 aromatic carbocycles. The summed E-state index contributed by atoms with van der Waals surface area (Å²) in [6.07, 6.45) is 0. The number of carbonyl (C=O) groups is 2. The van der Waals surface area contributed by atoms with Gasteiger partial charge in [0.2, 0.25) is 0 Å². The predicted molar refractivity (Wildman–Crippen MR) is 157 cm³/mol. The number of nitrogens with zero attached hydrogens (tertiary/aromatic N) is 3. The number of aromatic nitrogens is 1. The average Bonchev–Trinajstić information content (AvgIpc) is 3.45. The molecular weight excluding hydrogens is 510 g/mol. The molecule has 0 bridgehead atoms. The van der Waals surface area contributed by atoms with Gasteiger partial charge in [0.15, 0.2) is 5.13 Å². The van der Waals surface area contributed by atoms with Gasteiger partial charge >= 0.3 is 5.91 Å². The van der Waals surface area contributed by atoms with Crippen molar-refractivity contribution in [2.75, 3.05) is 30.5 Å². The Kier molecular flexibility index (Phi) is 7.14. The number of carbonyl (C=O) groups excluding carboxylic acids is 2. The number of ether oxygens (including phenoxy) is 1. The Hall–Kier alpha value is -4.17. The molecule has 39 heavy (non-hydrogen) atoms. The molecule has 1 aliphatic heterocycles. The first-order chi connectivity index (χ1) is 18.7. The third-order valence-electron chi connectivity index (χ3n) is 6.68. The number of para-hydroxylation sites is 1. The van der Waals surface area contributed by atoms with Crippen molar-refractivity contribution in [3.05, 3.63) is 89.0 Å². The van der Waals surface area contributed by atoms with E-state index in [1.54, 1.807) is 18.2 Å². The predicted octanol–water partition coefficient (Wildman–Crippen LogP) is 6.33. The van der Waals surface area contributed by atoms with Gasteiger partial charge in [-0.25, -0.2) is 4.98 Å². The lowest BCUT2D eigenvalue weighted by atomic mass is 9.94. The topological polar surface area (TPSA) is 83.0 Å². The standard InChI is InChI=1S/C31H31N3O4S/c1-18(2)17-38-24-15-12-21(16-19(24)3)28(35)26-27(20-10-13-22(14-11-20)33(4)5)34(30(37)29(26)36)31-32-23-8-6-7-9-25(23)39-31/h6-16,18,27,35H,17H2,1-5H3/b28-26+. The average molecular weight is 542 g/mol. The van der Waals surface area contributed by atoms with E-state index < -0.39 is 17.7 Å². The van der Waals surface area contributed by atoms with Crippen LogP contribution in [0, 0.1) is 12.8 Å². The van der Waals surface area contributed by atoms with Crippen molar-refractivity contribution in [1.82, 2.24) is 4.98 Å². The zero-order valence-corrected chi connectivity index (χ0v) is 23.5. The maximum atomic E-state index is 13.5. The van der Waals surface area contributed by atoms with E-state index in [1.165, 1.54) is 16.2 Å². The van der Waals surface area contributed by atoms with Gasteiger partial charge in [-0.1, -0.05) is 49.4 Å². The van der Waals surface area contributed by atoms with Gasteiger partial charge in [0.1, 0.15) is 11.5 Å². The van der Waals surface area contributed by atoms with Crippen LogP contribution in [-0.4, -0.2) is 42.5 Å². The molecule has 0 spiro atoms. The van der Waals surface area contributed by atoms with Crippen molar-refractivity contribution in [3.63, 3.8) is 0 Å². The number of aliphatic hydroxyl groups excluding tert-OH is 1. The van der Waals surface area contributed by atoms with E-state index in [0.29, 0.717) is 34.5 Å². The Morgan fingerprint density at radius 2 is 1.79 bits per heavy atom. The lowest BCUT2D eigenvalue weighted by Crippen LogP contribution is -2.29. The van der Waals surface area contributed by atoms with Crippen molar-refractivity contribution in [2.45, 2.75) is 26.8 Å². The Bertz CT molecular complexity index is 1550. The van der Waals surface area contributed by atoms with Crippen molar-refractivity contribution in [3.8, 4) is 5.75 Å². The number of ketones is 1. The maximum Gasteiger partial charge on any atom is 0.301 e. The van der Waals surface area contributed by atoms with Gasteiger partial charge in [-0.3, -0.25) is 14.5 Å². The van der Waals surface area contributed by atoms with Crippen LogP contribution >= 0.6 is 11.3 Å². The molecule has 0 radical (unpaired) electrons. The van der Waals surface area contributed by atoms with E-state index in [-0.39, 0.29) is 11.3 Å². The van der Waals surface area contributed by atoms with Gasteiger partial charge in [0.25, 0.3) is 5.78 Å². The molecule has 2 heterocycles. The Morgan fingerprint density at radius 1 is 1.08 bits per heavy atom. The van der Waals surface area contributed by atoms with Crippen LogP contribution in [0.15, 0.2) is 72.3 Å². The molecule has 1 amide bonds. The number of amides is 1. The molecule has 8 heteroatoms. The van der Waals surface area contributed by atoms with Crippen LogP contribution < -0.4 is 14.5 Å². The summed E-state index contributed by atoms with van der Waals surface area (Å²) in [6, 6.07) is 19.7. The quantitative estimate of drug-likeness (QED) is 0.167. The molecule has 200 valence electrons. The largest absolute Gasteiger partial charge is 0.507 e. The van der Waals surface area contributed by atoms with E-state index in [9.17, 15) is 14.7 Å². The third-order valence-corrected chi connectivity index (χ3v) is 7.71. The Morgan fingerprint density at radius 3 is 2.44 bits per heavy atom. The van der Waals surface area contributed by atoms with Gasteiger partial charge in [0, 0.05) is 25.3 Å². The molecule has 5 rings (SSSR count). The fourth-order valence-electron chi connectivity index (χ4n) is 4.63. The summed E-state index contributed by atoms with van der Waals surface area (Å²) in [6.45, 7) is 6.61. The van der Waals surface area contributed by atoms with Crippen molar-refractivity contribution >= 4 is 49.8 Å². The lowest BCUT2D eigenvalue weighted by molar-refractivity contribution is -0.132. The Labute approximate surface area is 232 Å². The van der Waals surface area contributed by atoms with Crippen LogP contribution in [0.4, 0.5) is 10.8 Å². The number of rotatable bonds is 7. The summed E-state index contributed by atoms with van der Waals surface area (Å²) in [5.41, 5.74) is 3.73. The highest BCUT2D eigenvalue weighted by molar-refractivity contribution is 7.22. The van der Waals surface area contributed by atoms with Crippen molar-refractivity contribution < 1.29 is 19.4 Å². The van der Waals surface area contributed by atoms with Crippen molar-refractivity contribution in [2.24, 2.45) is 5.92 Å². The first-order valence-electron chi connectivity index (χ1n) is 12.8. The first-order valence-corrected chi connectivity index (χ1v) is 13.6. The van der Waals surface area contributed by atoms with E-state index in [2.05, 4.69) is 18.8 Å². The fourth-order valence-corrected chi connectivity index (χ4v) is 5.63. The SMILES string of the molecule is Cc1cc(/C(O)=C2\C(=O)C(=O)N(c3nc4ccccc4s3)C2c2ccc(N(C)C)cc2)ccc1OCC(C)C. The van der Waals surface area contributed by atoms with E-state index in [0.717, 1.165) is 21.5 Å². The number of hydrogen-bond acceptors (Lipinski definition) is 7. The summed E-state index contributed by atoms with van der Waals surface area (Å²) in [4.78, 5) is 35.1. The number of benzene rings is 3. The molecule has 1 N–H and O–H groups in total. The van der Waals surface area contributed by atoms with E-state index in [4.69, 9.17) is 4.74 Å². The summed E-state index contributed by atoms with van der Waals surface area (Å²) in [7, 11) is 3.89. The van der Waals surface area contributed by atoms with Crippen LogP contribution in [0.5, 0.6) is 5.75 Å². The number of aliphatic hydroxyl groups is 1. The molecule has 1 atom stereocenters. The maximum absolute atomic E-state index is 13.5. The highest BCUT2D eigenvalue weighted by Gasteiger charge is 2.48. The lowest BCUT2D eigenvalue weighted by Gasteiger charge is -2.24. The number of thiazole rings is 1. The third kappa shape index (κ3) is 5.00. The molecule has 1 unspecified atom stereocenters. The molecule has 7 nitrogen and oxygen atoms in total. The molecule has 1 aromatic heterocycles. The van der Waals surface area contributed by atoms with Gasteiger partial charge < -0.3 is 14.7 Å². The monoisotopic (exact) mass is 541 g/mol. The van der Waals surface area contributed by atoms with E-state index >= 15 is 0 Å². The number of fused-ring (bicyclic) bond motifs is 1.